The predicted molar refractivity (Wildman–Crippen MR) is 81.0 cm³/mol. The van der Waals surface area contributed by atoms with E-state index < -0.39 is 0 Å². The van der Waals surface area contributed by atoms with Crippen LogP contribution in [0.25, 0.3) is 0 Å². The highest BCUT2D eigenvalue weighted by Crippen LogP contribution is 2.38. The van der Waals surface area contributed by atoms with Crippen LogP contribution < -0.4 is 5.32 Å². The van der Waals surface area contributed by atoms with Crippen LogP contribution in [0.1, 0.15) is 37.7 Å². The first-order chi connectivity index (χ1) is 9.60. The highest BCUT2D eigenvalue weighted by molar-refractivity contribution is 6.31. The Labute approximate surface area is 125 Å². The third kappa shape index (κ3) is 2.84. The average Bonchev–Trinajstić information content (AvgIpc) is 3.14. The molecule has 1 amide bonds. The van der Waals surface area contributed by atoms with E-state index in [1.807, 2.05) is 31.2 Å². The number of hydrogen-bond acceptors (Lipinski definition) is 2. The van der Waals surface area contributed by atoms with E-state index >= 15 is 0 Å². The van der Waals surface area contributed by atoms with Gasteiger partial charge in [-0.2, -0.15) is 0 Å². The number of nitrogens with zero attached hydrogens (tertiary/aromatic N) is 1. The average molecular weight is 293 g/mol. The maximum absolute atomic E-state index is 12.5. The lowest BCUT2D eigenvalue weighted by molar-refractivity contribution is -0.123. The topological polar surface area (TPSA) is 32.3 Å². The van der Waals surface area contributed by atoms with Crippen LogP contribution in [0, 0.1) is 0 Å². The zero-order valence-corrected chi connectivity index (χ0v) is 12.6. The number of benzene rings is 1. The van der Waals surface area contributed by atoms with Crippen molar-refractivity contribution in [1.82, 2.24) is 10.2 Å². The van der Waals surface area contributed by atoms with Crippen LogP contribution >= 0.6 is 11.6 Å². The molecule has 0 unspecified atom stereocenters. The van der Waals surface area contributed by atoms with Gasteiger partial charge in [0.05, 0.1) is 11.5 Å². The second-order valence-corrected chi connectivity index (χ2v) is 6.55. The summed E-state index contributed by atoms with van der Waals surface area (Å²) < 4.78 is 0. The molecule has 108 valence electrons. The van der Waals surface area contributed by atoms with E-state index in [9.17, 15) is 4.79 Å². The second-order valence-electron chi connectivity index (χ2n) is 6.14. The predicted octanol–water partition coefficient (Wildman–Crippen LogP) is 2.80. The number of nitrogens with one attached hydrogen (secondary N) is 1. The lowest BCUT2D eigenvalue weighted by atomic mass is 9.99. The molecule has 20 heavy (non-hydrogen) atoms. The fourth-order valence-corrected chi connectivity index (χ4v) is 3.08. The molecule has 3 rings (SSSR count). The minimum absolute atomic E-state index is 0.0347. The van der Waals surface area contributed by atoms with Gasteiger partial charge in [0, 0.05) is 11.6 Å². The van der Waals surface area contributed by atoms with Crippen LogP contribution in [-0.2, 0) is 4.79 Å². The minimum Gasteiger partial charge on any atom is -0.349 e. The Morgan fingerprint density at radius 1 is 1.40 bits per heavy atom. The molecule has 1 aliphatic carbocycles. The molecular formula is C16H21ClN2O. The van der Waals surface area contributed by atoms with Gasteiger partial charge in [0.2, 0.25) is 5.91 Å². The second kappa shape index (κ2) is 5.38. The molecule has 4 heteroatoms. The van der Waals surface area contributed by atoms with Gasteiger partial charge in [0.1, 0.15) is 0 Å². The fraction of sp³-hybridized carbons (Fsp3) is 0.562. The van der Waals surface area contributed by atoms with Crippen LogP contribution in [0.5, 0.6) is 0 Å². The molecule has 1 heterocycles. The summed E-state index contributed by atoms with van der Waals surface area (Å²) in [5.41, 5.74) is 0.943. The third-order valence-electron chi connectivity index (χ3n) is 4.48. The summed E-state index contributed by atoms with van der Waals surface area (Å²) in [6, 6.07) is 7.59. The van der Waals surface area contributed by atoms with Gasteiger partial charge in [-0.25, -0.2) is 0 Å². The first kappa shape index (κ1) is 13.9. The van der Waals surface area contributed by atoms with Gasteiger partial charge in [-0.15, -0.1) is 0 Å². The molecule has 1 atom stereocenters. The summed E-state index contributed by atoms with van der Waals surface area (Å²) >= 11 is 6.18. The first-order valence-corrected chi connectivity index (χ1v) is 7.76. The molecule has 3 nitrogen and oxygen atoms in total. The Morgan fingerprint density at radius 3 is 2.65 bits per heavy atom. The van der Waals surface area contributed by atoms with Crippen molar-refractivity contribution in [2.24, 2.45) is 0 Å². The van der Waals surface area contributed by atoms with E-state index in [0.29, 0.717) is 5.02 Å². The Morgan fingerprint density at radius 2 is 2.10 bits per heavy atom. The molecule has 0 aromatic heterocycles. The molecule has 2 aliphatic rings. The maximum atomic E-state index is 12.5. The molecule has 1 saturated heterocycles. The number of carbonyl (C=O) groups is 1. The monoisotopic (exact) mass is 292 g/mol. The SMILES string of the molecule is C[C@H](C(=O)NC1(CN2CCC2)CC1)c1ccccc1Cl. The van der Waals surface area contributed by atoms with E-state index in [-0.39, 0.29) is 17.4 Å². The largest absolute Gasteiger partial charge is 0.349 e. The van der Waals surface area contributed by atoms with Gasteiger partial charge in [0.25, 0.3) is 0 Å². The normalized spacial score (nSPS) is 21.9. The zero-order chi connectivity index (χ0) is 14.2. The number of rotatable bonds is 5. The number of hydrogen-bond donors (Lipinski definition) is 1. The van der Waals surface area contributed by atoms with Crippen molar-refractivity contribution in [1.29, 1.82) is 0 Å². The van der Waals surface area contributed by atoms with E-state index in [4.69, 9.17) is 11.6 Å². The van der Waals surface area contributed by atoms with Crippen molar-refractivity contribution in [2.75, 3.05) is 19.6 Å². The quantitative estimate of drug-likeness (QED) is 0.905. The van der Waals surface area contributed by atoms with Crippen molar-refractivity contribution < 1.29 is 4.79 Å². The van der Waals surface area contributed by atoms with Crippen molar-refractivity contribution in [3.63, 3.8) is 0 Å². The molecule has 1 aliphatic heterocycles. The number of carbonyl (C=O) groups excluding carboxylic acids is 1. The van der Waals surface area contributed by atoms with Crippen LogP contribution in [0.15, 0.2) is 24.3 Å². The summed E-state index contributed by atoms with van der Waals surface area (Å²) in [6.07, 6.45) is 3.50. The van der Waals surface area contributed by atoms with Gasteiger partial charge in [0.15, 0.2) is 0 Å². The summed E-state index contributed by atoms with van der Waals surface area (Å²) in [4.78, 5) is 14.9. The highest BCUT2D eigenvalue weighted by atomic mass is 35.5. The van der Waals surface area contributed by atoms with Crippen LogP contribution in [0.2, 0.25) is 5.02 Å². The Kier molecular flexibility index (Phi) is 3.74. The molecule has 1 saturated carbocycles. The summed E-state index contributed by atoms with van der Waals surface area (Å²) in [7, 11) is 0. The molecule has 2 fully saturated rings. The molecule has 0 spiro atoms. The van der Waals surface area contributed by atoms with Crippen LogP contribution in [0.4, 0.5) is 0 Å². The van der Waals surface area contributed by atoms with Crippen molar-refractivity contribution in [2.45, 2.75) is 37.6 Å². The molecule has 1 aromatic carbocycles. The van der Waals surface area contributed by atoms with Crippen LogP contribution in [0.3, 0.4) is 0 Å². The van der Waals surface area contributed by atoms with Crippen molar-refractivity contribution >= 4 is 17.5 Å². The Balaban J connectivity index is 1.62. The molecule has 1 N–H and O–H groups in total. The van der Waals surface area contributed by atoms with E-state index in [1.54, 1.807) is 0 Å². The van der Waals surface area contributed by atoms with Crippen molar-refractivity contribution in [3.05, 3.63) is 34.9 Å². The van der Waals surface area contributed by atoms with Crippen LogP contribution in [-0.4, -0.2) is 36.0 Å². The summed E-state index contributed by atoms with van der Waals surface area (Å²) in [5, 5.41) is 3.92. The third-order valence-corrected chi connectivity index (χ3v) is 4.83. The summed E-state index contributed by atoms with van der Waals surface area (Å²) in [6.45, 7) is 5.29. The standard InChI is InChI=1S/C16H21ClN2O/c1-12(13-5-2-3-6-14(13)17)15(20)18-16(7-8-16)11-19-9-4-10-19/h2-3,5-6,12H,4,7-11H2,1H3,(H,18,20)/t12-/m0/s1. The molecule has 0 bridgehead atoms. The number of amides is 1. The smallest absolute Gasteiger partial charge is 0.227 e. The van der Waals surface area contributed by atoms with E-state index in [0.717, 1.165) is 24.9 Å². The lowest BCUT2D eigenvalue weighted by Gasteiger charge is -2.35. The van der Waals surface area contributed by atoms with Gasteiger partial charge >= 0.3 is 0 Å². The molecule has 1 aromatic rings. The van der Waals surface area contributed by atoms with Gasteiger partial charge in [-0.05, 0) is 50.9 Å². The Bertz CT molecular complexity index is 509. The minimum atomic E-state index is -0.197. The Hall–Kier alpha value is -1.06. The summed E-state index contributed by atoms with van der Waals surface area (Å²) in [5.74, 6) is -0.103. The van der Waals surface area contributed by atoms with Gasteiger partial charge < -0.3 is 10.2 Å². The maximum Gasteiger partial charge on any atom is 0.227 e. The lowest BCUT2D eigenvalue weighted by Crippen LogP contribution is -2.50. The highest BCUT2D eigenvalue weighted by Gasteiger charge is 2.46. The number of likely N-dealkylation sites (tertiary alicyclic amines) is 1. The van der Waals surface area contributed by atoms with Crippen molar-refractivity contribution in [3.8, 4) is 0 Å². The number of halogens is 1. The first-order valence-electron chi connectivity index (χ1n) is 7.38. The van der Waals surface area contributed by atoms with E-state index in [2.05, 4.69) is 10.2 Å². The molecule has 0 radical (unpaired) electrons. The van der Waals surface area contributed by atoms with Gasteiger partial charge in [-0.3, -0.25) is 4.79 Å². The zero-order valence-electron chi connectivity index (χ0n) is 11.9. The molecular weight excluding hydrogens is 272 g/mol. The van der Waals surface area contributed by atoms with E-state index in [1.165, 1.54) is 19.5 Å². The van der Waals surface area contributed by atoms with Gasteiger partial charge in [-0.1, -0.05) is 29.8 Å². The fourth-order valence-electron chi connectivity index (χ4n) is 2.78.